The molecule has 0 spiro atoms. The van der Waals surface area contributed by atoms with Crippen LogP contribution in [0.5, 0.6) is 0 Å². The monoisotopic (exact) mass is 463 g/mol. The number of hydrogen-bond donors (Lipinski definition) is 3. The number of aromatic nitrogens is 4. The second kappa shape index (κ2) is 7.37. The Morgan fingerprint density at radius 2 is 1.89 bits per heavy atom. The van der Waals surface area contributed by atoms with Gasteiger partial charge in [-0.15, -0.1) is 0 Å². The maximum Gasteiger partial charge on any atom is 0.256 e. The molecule has 2 aromatic carbocycles. The lowest BCUT2D eigenvalue weighted by Gasteiger charge is -2.21. The zero-order valence-electron chi connectivity index (χ0n) is 19.1. The van der Waals surface area contributed by atoms with Gasteiger partial charge in [-0.3, -0.25) is 9.89 Å². The van der Waals surface area contributed by atoms with Gasteiger partial charge in [0, 0.05) is 44.5 Å². The van der Waals surface area contributed by atoms with Crippen LogP contribution in [0, 0.1) is 12.7 Å². The Morgan fingerprint density at radius 3 is 2.71 bits per heavy atom. The lowest BCUT2D eigenvalue weighted by atomic mass is 9.85. The van der Waals surface area contributed by atoms with Gasteiger partial charge in [0.25, 0.3) is 5.91 Å². The quantitative estimate of drug-likeness (QED) is 0.284. The zero-order chi connectivity index (χ0) is 23.7. The van der Waals surface area contributed by atoms with E-state index in [1.165, 1.54) is 28.6 Å². The summed E-state index contributed by atoms with van der Waals surface area (Å²) in [5.41, 5.74) is 10.2. The van der Waals surface area contributed by atoms with Crippen LogP contribution >= 0.6 is 0 Å². The van der Waals surface area contributed by atoms with E-state index in [4.69, 9.17) is 4.98 Å². The van der Waals surface area contributed by atoms with Gasteiger partial charge in [-0.1, -0.05) is 0 Å². The number of H-pyrrole nitrogens is 2. The van der Waals surface area contributed by atoms with Crippen LogP contribution in [0.2, 0.25) is 0 Å². The number of pyridine rings is 1. The van der Waals surface area contributed by atoms with E-state index in [-0.39, 0.29) is 11.7 Å². The second-order valence-corrected chi connectivity index (χ2v) is 9.38. The molecule has 3 aromatic heterocycles. The maximum atomic E-state index is 13.9. The molecule has 35 heavy (non-hydrogen) atoms. The molecule has 5 aromatic rings. The van der Waals surface area contributed by atoms with E-state index in [1.807, 2.05) is 19.2 Å². The molecule has 1 aliphatic carbocycles. The van der Waals surface area contributed by atoms with E-state index < -0.39 is 0 Å². The number of carbonyl (C=O) groups excluding carboxylic acids is 1. The first-order chi connectivity index (χ1) is 17.1. The van der Waals surface area contributed by atoms with Crippen molar-refractivity contribution in [2.45, 2.75) is 32.6 Å². The van der Waals surface area contributed by atoms with Gasteiger partial charge in [0.2, 0.25) is 0 Å². The van der Waals surface area contributed by atoms with Crippen molar-refractivity contribution in [1.29, 1.82) is 0 Å². The number of aryl methyl sites for hydroxylation is 2. The predicted octanol–water partition coefficient (Wildman–Crippen LogP) is 5.93. The molecular formula is C28H22FN5O. The highest BCUT2D eigenvalue weighted by molar-refractivity contribution is 6.35. The van der Waals surface area contributed by atoms with E-state index in [1.54, 1.807) is 12.1 Å². The van der Waals surface area contributed by atoms with Crippen LogP contribution in [0.4, 0.5) is 10.1 Å². The van der Waals surface area contributed by atoms with Crippen LogP contribution in [-0.4, -0.2) is 26.1 Å². The predicted molar refractivity (Wildman–Crippen MR) is 135 cm³/mol. The Morgan fingerprint density at radius 1 is 1.03 bits per heavy atom. The summed E-state index contributed by atoms with van der Waals surface area (Å²) >= 11 is 0. The minimum atomic E-state index is -0.366. The van der Waals surface area contributed by atoms with Crippen molar-refractivity contribution >= 4 is 45.0 Å². The molecule has 0 radical (unpaired) electrons. The standard InChI is InChI=1S/C28H22FN5O/c1-14-22(13-30-34-14)27-18-5-3-2-4-17(18)26-21-12-16(31-24(21)8-9-25(26)32-27)11-20-19-10-15(29)6-7-23(19)33-28(20)35/h6-13,31H,2-5H2,1H3,(H,30,34)(H,33,35)/b20-11-. The molecule has 0 atom stereocenters. The fourth-order valence-electron chi connectivity index (χ4n) is 5.60. The zero-order valence-corrected chi connectivity index (χ0v) is 19.1. The van der Waals surface area contributed by atoms with E-state index in [0.29, 0.717) is 16.8 Å². The van der Waals surface area contributed by atoms with Crippen molar-refractivity contribution in [3.8, 4) is 11.3 Å². The van der Waals surface area contributed by atoms with Crippen molar-refractivity contribution in [3.63, 3.8) is 0 Å². The summed E-state index contributed by atoms with van der Waals surface area (Å²) in [5.74, 6) is -0.594. The van der Waals surface area contributed by atoms with Crippen molar-refractivity contribution in [1.82, 2.24) is 20.2 Å². The molecule has 3 N–H and O–H groups in total. The van der Waals surface area contributed by atoms with Crippen LogP contribution in [0.3, 0.4) is 0 Å². The van der Waals surface area contributed by atoms with Gasteiger partial charge in [0.1, 0.15) is 5.82 Å². The maximum absolute atomic E-state index is 13.9. The number of fused-ring (bicyclic) bond motifs is 6. The number of amides is 1. The Hall–Kier alpha value is -4.26. The average Bonchev–Trinajstić information content (AvgIpc) is 3.55. The summed E-state index contributed by atoms with van der Waals surface area (Å²) in [5, 5.41) is 12.4. The minimum absolute atomic E-state index is 0.228. The number of halogens is 1. The van der Waals surface area contributed by atoms with Crippen molar-refractivity contribution in [3.05, 3.63) is 76.5 Å². The highest BCUT2D eigenvalue weighted by Gasteiger charge is 2.26. The summed E-state index contributed by atoms with van der Waals surface area (Å²) in [4.78, 5) is 21.2. The molecular weight excluding hydrogens is 441 g/mol. The molecule has 0 saturated carbocycles. The third-order valence-corrected chi connectivity index (χ3v) is 7.24. The van der Waals surface area contributed by atoms with Gasteiger partial charge in [-0.2, -0.15) is 5.10 Å². The molecule has 1 aliphatic heterocycles. The first kappa shape index (κ1) is 20.1. The molecule has 6 nitrogen and oxygen atoms in total. The Bertz CT molecular complexity index is 1720. The van der Waals surface area contributed by atoms with Gasteiger partial charge in [0.15, 0.2) is 0 Å². The molecule has 1 amide bonds. The van der Waals surface area contributed by atoms with Gasteiger partial charge in [-0.25, -0.2) is 9.37 Å². The smallest absolute Gasteiger partial charge is 0.256 e. The van der Waals surface area contributed by atoms with Crippen molar-refractivity contribution < 1.29 is 9.18 Å². The lowest BCUT2D eigenvalue weighted by molar-refractivity contribution is -0.110. The Labute approximate surface area is 200 Å². The number of nitrogens with zero attached hydrogens (tertiary/aromatic N) is 2. The average molecular weight is 464 g/mol. The van der Waals surface area contributed by atoms with Crippen LogP contribution in [0.25, 0.3) is 44.7 Å². The van der Waals surface area contributed by atoms with Gasteiger partial charge in [-0.05, 0) is 86.2 Å². The summed E-state index contributed by atoms with van der Waals surface area (Å²) in [7, 11) is 0. The molecule has 172 valence electrons. The number of carbonyl (C=O) groups is 1. The first-order valence-electron chi connectivity index (χ1n) is 11.9. The summed E-state index contributed by atoms with van der Waals surface area (Å²) in [6.07, 6.45) is 7.97. The fraction of sp³-hybridized carbons (Fsp3) is 0.179. The van der Waals surface area contributed by atoms with E-state index >= 15 is 0 Å². The fourth-order valence-corrected chi connectivity index (χ4v) is 5.60. The highest BCUT2D eigenvalue weighted by Crippen LogP contribution is 2.39. The summed E-state index contributed by atoms with van der Waals surface area (Å²) in [6.45, 7) is 2.03. The topological polar surface area (TPSA) is 86.5 Å². The number of anilines is 1. The number of benzene rings is 2. The molecule has 4 heterocycles. The van der Waals surface area contributed by atoms with Crippen LogP contribution in [0.15, 0.2) is 42.6 Å². The third kappa shape index (κ3) is 3.04. The highest BCUT2D eigenvalue weighted by atomic mass is 19.1. The number of rotatable bonds is 2. The van der Waals surface area contributed by atoms with Crippen LogP contribution in [0.1, 0.15) is 40.9 Å². The minimum Gasteiger partial charge on any atom is -0.355 e. The second-order valence-electron chi connectivity index (χ2n) is 9.38. The van der Waals surface area contributed by atoms with Gasteiger partial charge in [0.05, 0.1) is 23.0 Å². The molecule has 0 fully saturated rings. The number of hydrogen-bond acceptors (Lipinski definition) is 3. The molecule has 0 saturated heterocycles. The van der Waals surface area contributed by atoms with Crippen molar-refractivity contribution in [2.75, 3.05) is 5.32 Å². The number of aromatic amines is 2. The van der Waals surface area contributed by atoms with E-state index in [0.717, 1.165) is 64.7 Å². The van der Waals surface area contributed by atoms with Gasteiger partial charge >= 0.3 is 0 Å². The lowest BCUT2D eigenvalue weighted by Crippen LogP contribution is -2.08. The SMILES string of the molecule is Cc1[nH]ncc1-c1nc2ccc3[nH]c(/C=C4\C(=O)Nc5ccc(F)cc54)cc3c2c2c1CCCC2. The van der Waals surface area contributed by atoms with Crippen LogP contribution in [-0.2, 0) is 17.6 Å². The summed E-state index contributed by atoms with van der Waals surface area (Å²) in [6, 6.07) is 10.5. The molecule has 0 unspecified atom stereocenters. The van der Waals surface area contributed by atoms with E-state index in [9.17, 15) is 9.18 Å². The normalized spacial score (nSPS) is 16.2. The van der Waals surface area contributed by atoms with Crippen LogP contribution < -0.4 is 5.32 Å². The molecule has 2 aliphatic rings. The third-order valence-electron chi connectivity index (χ3n) is 7.24. The molecule has 7 heteroatoms. The molecule has 0 bridgehead atoms. The Balaban J connectivity index is 1.44. The van der Waals surface area contributed by atoms with Crippen molar-refractivity contribution in [2.24, 2.45) is 0 Å². The Kier molecular flexibility index (Phi) is 4.24. The largest absolute Gasteiger partial charge is 0.355 e. The van der Waals surface area contributed by atoms with Gasteiger partial charge < -0.3 is 10.3 Å². The number of nitrogens with one attached hydrogen (secondary N) is 3. The van der Waals surface area contributed by atoms with E-state index in [2.05, 4.69) is 32.6 Å². The first-order valence-corrected chi connectivity index (χ1v) is 11.9. The summed E-state index contributed by atoms with van der Waals surface area (Å²) < 4.78 is 13.9. The molecule has 7 rings (SSSR count).